The van der Waals surface area contributed by atoms with E-state index in [1.165, 1.54) is 18.2 Å². The van der Waals surface area contributed by atoms with Gasteiger partial charge in [0.25, 0.3) is 5.69 Å². The van der Waals surface area contributed by atoms with Gasteiger partial charge >= 0.3 is 0 Å². The molecule has 0 unspecified atom stereocenters. The molecule has 1 aromatic heterocycles. The number of aliphatic imine (C=N–C) groups is 1. The Bertz CT molecular complexity index is 1000. The largest absolute Gasteiger partial charge is 0.318 e. The number of aromatic nitrogens is 1. The molecular formula is C20H18FN3O2. The quantitative estimate of drug-likeness (QED) is 0.368. The third kappa shape index (κ3) is 3.39. The van der Waals surface area contributed by atoms with Gasteiger partial charge in [-0.25, -0.2) is 9.38 Å². The third-order valence-electron chi connectivity index (χ3n) is 4.23. The van der Waals surface area contributed by atoms with Crippen LogP contribution in [0.2, 0.25) is 0 Å². The van der Waals surface area contributed by atoms with Crippen molar-refractivity contribution in [2.75, 3.05) is 0 Å². The molecule has 0 aliphatic rings. The third-order valence-corrected chi connectivity index (χ3v) is 4.23. The van der Waals surface area contributed by atoms with E-state index in [9.17, 15) is 14.5 Å². The summed E-state index contributed by atoms with van der Waals surface area (Å²) in [5, 5.41) is 11.2. The Morgan fingerprint density at radius 1 is 1.08 bits per heavy atom. The molecule has 0 atom stereocenters. The van der Waals surface area contributed by atoms with E-state index in [2.05, 4.69) is 4.99 Å². The Balaban J connectivity index is 2.00. The Morgan fingerprint density at radius 2 is 1.77 bits per heavy atom. The first-order valence-electron chi connectivity index (χ1n) is 8.11. The summed E-state index contributed by atoms with van der Waals surface area (Å²) < 4.78 is 15.2. The molecule has 0 aliphatic heterocycles. The molecule has 0 radical (unpaired) electrons. The van der Waals surface area contributed by atoms with Crippen molar-refractivity contribution < 1.29 is 9.31 Å². The topological polar surface area (TPSA) is 60.4 Å². The number of benzene rings is 2. The van der Waals surface area contributed by atoms with Crippen molar-refractivity contribution in [2.45, 2.75) is 20.8 Å². The summed E-state index contributed by atoms with van der Waals surface area (Å²) in [6.45, 7) is 5.68. The van der Waals surface area contributed by atoms with Crippen molar-refractivity contribution in [1.82, 2.24) is 4.57 Å². The fraction of sp³-hybridized carbons (Fsp3) is 0.150. The second-order valence-electron chi connectivity index (χ2n) is 6.15. The predicted molar refractivity (Wildman–Crippen MR) is 100 cm³/mol. The number of nitro groups is 1. The van der Waals surface area contributed by atoms with Crippen LogP contribution in [-0.4, -0.2) is 15.7 Å². The van der Waals surface area contributed by atoms with Crippen LogP contribution < -0.4 is 0 Å². The minimum Gasteiger partial charge on any atom is -0.318 e. The molecule has 0 N–H and O–H groups in total. The van der Waals surface area contributed by atoms with Gasteiger partial charge < -0.3 is 4.57 Å². The van der Waals surface area contributed by atoms with Crippen LogP contribution in [0.4, 0.5) is 15.8 Å². The van der Waals surface area contributed by atoms with Crippen LogP contribution in [0.25, 0.3) is 5.69 Å². The molecule has 0 saturated heterocycles. The smallest absolute Gasteiger partial charge is 0.295 e. The number of nitro benzene ring substituents is 1. The zero-order valence-electron chi connectivity index (χ0n) is 14.7. The van der Waals surface area contributed by atoms with Gasteiger partial charge in [0.15, 0.2) is 0 Å². The maximum absolute atomic E-state index is 13.2. The minimum absolute atomic E-state index is 0.0198. The number of halogens is 1. The predicted octanol–water partition coefficient (Wildman–Crippen LogP) is 5.20. The van der Waals surface area contributed by atoms with Gasteiger partial charge in [-0.15, -0.1) is 0 Å². The van der Waals surface area contributed by atoms with Crippen LogP contribution in [0, 0.1) is 36.7 Å². The maximum Gasteiger partial charge on any atom is 0.295 e. The first kappa shape index (κ1) is 17.5. The highest BCUT2D eigenvalue weighted by molar-refractivity contribution is 5.85. The normalized spacial score (nSPS) is 11.2. The van der Waals surface area contributed by atoms with E-state index in [0.717, 1.165) is 28.2 Å². The Morgan fingerprint density at radius 3 is 2.42 bits per heavy atom. The van der Waals surface area contributed by atoms with Crippen molar-refractivity contribution in [3.63, 3.8) is 0 Å². The van der Waals surface area contributed by atoms with E-state index >= 15 is 0 Å². The summed E-state index contributed by atoms with van der Waals surface area (Å²) in [7, 11) is 0. The highest BCUT2D eigenvalue weighted by Crippen LogP contribution is 2.28. The summed E-state index contributed by atoms with van der Waals surface area (Å²) in [6, 6.07) is 13.1. The van der Waals surface area contributed by atoms with Crippen LogP contribution in [-0.2, 0) is 0 Å². The van der Waals surface area contributed by atoms with Gasteiger partial charge in [0.05, 0.1) is 4.92 Å². The fourth-order valence-electron chi connectivity index (χ4n) is 2.93. The average Bonchev–Trinajstić information content (AvgIpc) is 2.88. The number of aryl methyl sites for hydroxylation is 2. The number of hydrogen-bond donors (Lipinski definition) is 0. The molecule has 0 fully saturated rings. The SMILES string of the molecule is Cc1ccc(N=Cc2cc(C)n(-c3ccc(F)cc3)c2C)c([N+](=O)[O-])c1. The number of hydrogen-bond acceptors (Lipinski definition) is 3. The molecule has 0 aliphatic carbocycles. The Hall–Kier alpha value is -3.28. The molecule has 0 spiro atoms. The van der Waals surface area contributed by atoms with Gasteiger partial charge in [0, 0.05) is 34.9 Å². The van der Waals surface area contributed by atoms with Gasteiger partial charge in [-0.05, 0) is 62.7 Å². The van der Waals surface area contributed by atoms with E-state index in [1.54, 1.807) is 37.4 Å². The molecule has 26 heavy (non-hydrogen) atoms. The summed E-state index contributed by atoms with van der Waals surface area (Å²) in [5.74, 6) is -0.287. The van der Waals surface area contributed by atoms with Crippen LogP contribution >= 0.6 is 0 Å². The van der Waals surface area contributed by atoms with Crippen molar-refractivity contribution in [3.8, 4) is 5.69 Å². The van der Waals surface area contributed by atoms with Gasteiger partial charge in [-0.3, -0.25) is 10.1 Å². The first-order chi connectivity index (χ1) is 12.4. The summed E-state index contributed by atoms with van der Waals surface area (Å²) in [5.41, 5.74) is 4.69. The van der Waals surface area contributed by atoms with Gasteiger partial charge in [0.2, 0.25) is 0 Å². The lowest BCUT2D eigenvalue weighted by Crippen LogP contribution is -1.99. The molecule has 3 aromatic rings. The molecule has 3 rings (SSSR count). The molecule has 132 valence electrons. The van der Waals surface area contributed by atoms with Crippen molar-refractivity contribution in [3.05, 3.63) is 87.0 Å². The fourth-order valence-corrected chi connectivity index (χ4v) is 2.93. The van der Waals surface area contributed by atoms with Crippen molar-refractivity contribution in [1.29, 1.82) is 0 Å². The minimum atomic E-state index is -0.429. The first-order valence-corrected chi connectivity index (χ1v) is 8.11. The lowest BCUT2D eigenvalue weighted by molar-refractivity contribution is -0.384. The average molecular weight is 351 g/mol. The Kier molecular flexibility index (Phi) is 4.67. The van der Waals surface area contributed by atoms with Crippen LogP contribution in [0.1, 0.15) is 22.5 Å². The van der Waals surface area contributed by atoms with Crippen LogP contribution in [0.15, 0.2) is 53.5 Å². The van der Waals surface area contributed by atoms with Crippen LogP contribution in [0.3, 0.4) is 0 Å². The summed E-state index contributed by atoms with van der Waals surface area (Å²) in [6.07, 6.45) is 1.63. The summed E-state index contributed by atoms with van der Waals surface area (Å²) >= 11 is 0. The molecule has 2 aromatic carbocycles. The van der Waals surface area contributed by atoms with E-state index < -0.39 is 4.92 Å². The van der Waals surface area contributed by atoms with E-state index in [4.69, 9.17) is 0 Å². The highest BCUT2D eigenvalue weighted by atomic mass is 19.1. The Labute approximate surface area is 150 Å². The van der Waals surface area contributed by atoms with Crippen molar-refractivity contribution >= 4 is 17.6 Å². The number of nitrogens with zero attached hydrogens (tertiary/aromatic N) is 3. The zero-order valence-corrected chi connectivity index (χ0v) is 14.7. The van der Waals surface area contributed by atoms with E-state index in [0.29, 0.717) is 5.69 Å². The molecule has 5 nitrogen and oxygen atoms in total. The maximum atomic E-state index is 13.2. The lowest BCUT2D eigenvalue weighted by Gasteiger charge is -2.09. The second-order valence-corrected chi connectivity index (χ2v) is 6.15. The standard InChI is InChI=1S/C20H18FN3O2/c1-13-4-9-19(20(10-13)24(25)26)22-12-16-11-14(2)23(15(16)3)18-7-5-17(21)6-8-18/h4-12H,1-3H3. The van der Waals surface area contributed by atoms with E-state index in [-0.39, 0.29) is 11.5 Å². The molecule has 1 heterocycles. The highest BCUT2D eigenvalue weighted by Gasteiger charge is 2.14. The van der Waals surface area contributed by atoms with Gasteiger partial charge in [0.1, 0.15) is 11.5 Å². The molecule has 6 heteroatoms. The van der Waals surface area contributed by atoms with E-state index in [1.807, 2.05) is 24.5 Å². The monoisotopic (exact) mass is 351 g/mol. The van der Waals surface area contributed by atoms with Gasteiger partial charge in [-0.1, -0.05) is 6.07 Å². The molecule has 0 saturated carbocycles. The summed E-state index contributed by atoms with van der Waals surface area (Å²) in [4.78, 5) is 15.1. The zero-order chi connectivity index (χ0) is 18.8. The lowest BCUT2D eigenvalue weighted by atomic mass is 10.2. The van der Waals surface area contributed by atoms with Gasteiger partial charge in [-0.2, -0.15) is 0 Å². The van der Waals surface area contributed by atoms with Crippen LogP contribution in [0.5, 0.6) is 0 Å². The molecule has 0 amide bonds. The molecule has 0 bridgehead atoms. The van der Waals surface area contributed by atoms with Crippen molar-refractivity contribution in [2.24, 2.45) is 4.99 Å². The second kappa shape index (κ2) is 6.92. The molecular weight excluding hydrogens is 333 g/mol. The number of rotatable bonds is 4.